The Morgan fingerprint density at radius 1 is 1.06 bits per heavy atom. The fourth-order valence-electron chi connectivity index (χ4n) is 4.53. The summed E-state index contributed by atoms with van der Waals surface area (Å²) in [6.45, 7) is 0.612. The number of ether oxygens (including phenoxy) is 2. The topological polar surface area (TPSA) is 67.9 Å². The van der Waals surface area contributed by atoms with Gasteiger partial charge in [0.2, 0.25) is 0 Å². The average Bonchev–Trinajstić information content (AvgIpc) is 2.81. The lowest BCUT2D eigenvalue weighted by Crippen LogP contribution is -2.55. The maximum atomic E-state index is 13.3. The number of likely N-dealkylation sites (tertiary alicyclic amines) is 1. The normalized spacial score (nSPS) is 22.3. The van der Waals surface area contributed by atoms with Crippen LogP contribution in [0.5, 0.6) is 0 Å². The molecule has 176 valence electrons. The number of rotatable bonds is 6. The van der Waals surface area contributed by atoms with E-state index in [4.69, 9.17) is 9.47 Å². The first-order chi connectivity index (χ1) is 15.8. The molecule has 1 aliphatic heterocycles. The second kappa shape index (κ2) is 9.87. The van der Waals surface area contributed by atoms with Gasteiger partial charge in [0.15, 0.2) is 0 Å². The summed E-state index contributed by atoms with van der Waals surface area (Å²) in [5, 5.41) is 3.33. The number of carbonyl (C=O) groups is 2. The smallest absolute Gasteiger partial charge is 0.410 e. The van der Waals surface area contributed by atoms with Crippen LogP contribution in [-0.2, 0) is 16.1 Å². The van der Waals surface area contributed by atoms with Crippen LogP contribution in [0.3, 0.4) is 0 Å². The number of amides is 1. The van der Waals surface area contributed by atoms with Gasteiger partial charge in [-0.05, 0) is 36.1 Å². The van der Waals surface area contributed by atoms with Gasteiger partial charge in [-0.15, -0.1) is 0 Å². The number of nitrogens with zero attached hydrogens (tertiary/aromatic N) is 1. The van der Waals surface area contributed by atoms with Gasteiger partial charge < -0.3 is 19.7 Å². The molecule has 1 N–H and O–H groups in total. The summed E-state index contributed by atoms with van der Waals surface area (Å²) in [5.74, 6) is -3.02. The number of esters is 1. The van der Waals surface area contributed by atoms with Gasteiger partial charge in [-0.2, -0.15) is 0 Å². The van der Waals surface area contributed by atoms with Crippen LogP contribution in [0.2, 0.25) is 0 Å². The van der Waals surface area contributed by atoms with Crippen molar-refractivity contribution >= 4 is 12.1 Å². The second-order valence-electron chi connectivity index (χ2n) is 8.71. The highest BCUT2D eigenvalue weighted by Gasteiger charge is 2.46. The first kappa shape index (κ1) is 23.2. The molecule has 1 heterocycles. The van der Waals surface area contributed by atoms with Crippen LogP contribution in [0, 0.1) is 0 Å². The third kappa shape index (κ3) is 5.68. The quantitative estimate of drug-likeness (QED) is 0.636. The van der Waals surface area contributed by atoms with Crippen molar-refractivity contribution in [1.82, 2.24) is 10.2 Å². The maximum Gasteiger partial charge on any atom is 0.410 e. The minimum atomic E-state index is -2.58. The molecule has 2 fully saturated rings. The van der Waals surface area contributed by atoms with Crippen molar-refractivity contribution in [2.75, 3.05) is 13.7 Å². The molecule has 0 unspecified atom stereocenters. The molecule has 1 aliphatic carbocycles. The van der Waals surface area contributed by atoms with E-state index in [2.05, 4.69) is 5.32 Å². The first-order valence-corrected chi connectivity index (χ1v) is 11.1. The van der Waals surface area contributed by atoms with E-state index >= 15 is 0 Å². The highest BCUT2D eigenvalue weighted by molar-refractivity contribution is 5.89. The molecule has 0 aromatic heterocycles. The van der Waals surface area contributed by atoms with Crippen LogP contribution in [0.1, 0.15) is 53.2 Å². The Morgan fingerprint density at radius 3 is 2.39 bits per heavy atom. The number of alkyl halides is 2. The van der Waals surface area contributed by atoms with Gasteiger partial charge in [-0.1, -0.05) is 42.5 Å². The van der Waals surface area contributed by atoms with Gasteiger partial charge in [0, 0.05) is 31.5 Å². The molecule has 2 aromatic rings. The number of carbonyl (C=O) groups excluding carboxylic acids is 2. The summed E-state index contributed by atoms with van der Waals surface area (Å²) in [5.41, 5.74) is 2.17. The summed E-state index contributed by atoms with van der Waals surface area (Å²) >= 11 is 0. The van der Waals surface area contributed by atoms with Crippen LogP contribution < -0.4 is 5.32 Å². The Bertz CT molecular complexity index is 960. The van der Waals surface area contributed by atoms with Crippen LogP contribution in [0.25, 0.3) is 0 Å². The molecule has 6 nitrogen and oxygen atoms in total. The fraction of sp³-hybridized carbons (Fsp3) is 0.440. The summed E-state index contributed by atoms with van der Waals surface area (Å²) in [7, 11) is 1.32. The number of hydrogen-bond donors (Lipinski definition) is 1. The van der Waals surface area contributed by atoms with Crippen LogP contribution >= 0.6 is 0 Å². The minimum absolute atomic E-state index is 0.00885. The number of methoxy groups -OCH3 is 1. The third-order valence-corrected chi connectivity index (χ3v) is 6.32. The molecule has 1 saturated carbocycles. The molecule has 2 aromatic carbocycles. The Balaban J connectivity index is 1.46. The molecule has 0 radical (unpaired) electrons. The number of nitrogens with one attached hydrogen (secondary N) is 1. The van der Waals surface area contributed by atoms with Crippen molar-refractivity contribution in [1.29, 1.82) is 0 Å². The highest BCUT2D eigenvalue weighted by atomic mass is 19.3. The summed E-state index contributed by atoms with van der Waals surface area (Å²) in [6, 6.07) is 15.9. The zero-order chi connectivity index (χ0) is 23.4. The van der Waals surface area contributed by atoms with Gasteiger partial charge in [0.25, 0.3) is 5.92 Å². The number of hydrogen-bond acceptors (Lipinski definition) is 5. The molecule has 33 heavy (non-hydrogen) atoms. The van der Waals surface area contributed by atoms with Gasteiger partial charge in [-0.25, -0.2) is 18.4 Å². The predicted molar refractivity (Wildman–Crippen MR) is 118 cm³/mol. The fourth-order valence-corrected chi connectivity index (χ4v) is 4.53. The van der Waals surface area contributed by atoms with E-state index in [1.807, 2.05) is 30.3 Å². The van der Waals surface area contributed by atoms with Crippen molar-refractivity contribution in [3.63, 3.8) is 0 Å². The lowest BCUT2D eigenvalue weighted by molar-refractivity contribution is -0.0962. The Hall–Kier alpha value is -3.00. The van der Waals surface area contributed by atoms with Gasteiger partial charge >= 0.3 is 12.1 Å². The zero-order valence-corrected chi connectivity index (χ0v) is 18.5. The molecule has 0 spiro atoms. The predicted octanol–water partition coefficient (Wildman–Crippen LogP) is 4.70. The van der Waals surface area contributed by atoms with E-state index < -0.39 is 18.0 Å². The van der Waals surface area contributed by atoms with Crippen molar-refractivity contribution in [2.24, 2.45) is 0 Å². The van der Waals surface area contributed by atoms with Gasteiger partial charge in [0.1, 0.15) is 6.61 Å². The molecule has 8 heteroatoms. The summed E-state index contributed by atoms with van der Waals surface area (Å²) < 4.78 is 36.8. The van der Waals surface area contributed by atoms with Gasteiger partial charge in [-0.3, -0.25) is 0 Å². The van der Waals surface area contributed by atoms with Crippen molar-refractivity contribution in [2.45, 2.75) is 56.3 Å². The molecular weight excluding hydrogens is 430 g/mol. The standard InChI is InChI=1S/C25H28F2N2O4/c1-32-23(30)19-9-7-18(8-10-19)22-13-20(28-21-14-25(26,27)15-21)11-12-29(22)24(31)33-16-17-5-3-2-4-6-17/h2-10,20-22,28H,11-16H2,1H3/t20-,22-/m0/s1. The van der Waals surface area contributed by atoms with E-state index in [1.165, 1.54) is 7.11 Å². The van der Waals surface area contributed by atoms with E-state index in [0.29, 0.717) is 24.9 Å². The second-order valence-corrected chi connectivity index (χ2v) is 8.71. The molecule has 2 aliphatic rings. The molecular formula is C25H28F2N2O4. The Labute approximate surface area is 191 Å². The van der Waals surface area contributed by atoms with E-state index in [0.717, 1.165) is 11.1 Å². The highest BCUT2D eigenvalue weighted by Crippen LogP contribution is 2.39. The van der Waals surface area contributed by atoms with Gasteiger partial charge in [0.05, 0.1) is 18.7 Å². The summed E-state index contributed by atoms with van der Waals surface area (Å²) in [6.07, 6.45) is 0.504. The van der Waals surface area contributed by atoms with E-state index in [1.54, 1.807) is 29.2 Å². The van der Waals surface area contributed by atoms with Crippen LogP contribution in [-0.4, -0.2) is 48.6 Å². The van der Waals surface area contributed by atoms with Crippen LogP contribution in [0.4, 0.5) is 13.6 Å². The average molecular weight is 459 g/mol. The Kier molecular flexibility index (Phi) is 6.93. The molecule has 1 saturated heterocycles. The SMILES string of the molecule is COC(=O)c1ccc([C@@H]2C[C@@H](NC3CC(F)(F)C3)CCN2C(=O)OCc2ccccc2)cc1. The lowest BCUT2D eigenvalue weighted by atomic mass is 9.85. The largest absolute Gasteiger partial charge is 0.465 e. The first-order valence-electron chi connectivity index (χ1n) is 11.1. The number of halogens is 2. The molecule has 1 amide bonds. The Morgan fingerprint density at radius 2 is 1.76 bits per heavy atom. The van der Waals surface area contributed by atoms with E-state index in [9.17, 15) is 18.4 Å². The lowest BCUT2D eigenvalue weighted by Gasteiger charge is -2.43. The zero-order valence-electron chi connectivity index (χ0n) is 18.5. The van der Waals surface area contributed by atoms with Crippen molar-refractivity contribution in [3.8, 4) is 0 Å². The molecule has 4 rings (SSSR count). The van der Waals surface area contributed by atoms with Crippen molar-refractivity contribution in [3.05, 3.63) is 71.3 Å². The molecule has 2 atom stereocenters. The minimum Gasteiger partial charge on any atom is -0.465 e. The number of piperidine rings is 1. The summed E-state index contributed by atoms with van der Waals surface area (Å²) in [4.78, 5) is 26.4. The maximum absolute atomic E-state index is 13.3. The number of benzene rings is 2. The third-order valence-electron chi connectivity index (χ3n) is 6.32. The van der Waals surface area contributed by atoms with Crippen LogP contribution in [0.15, 0.2) is 54.6 Å². The monoisotopic (exact) mass is 458 g/mol. The van der Waals surface area contributed by atoms with Crippen molar-refractivity contribution < 1.29 is 27.8 Å². The van der Waals surface area contributed by atoms with E-state index in [-0.39, 0.29) is 37.6 Å². The molecule has 0 bridgehead atoms.